The lowest BCUT2D eigenvalue weighted by Crippen LogP contribution is -2.27. The molecule has 1 aliphatic heterocycles. The van der Waals surface area contributed by atoms with Crippen molar-refractivity contribution in [2.45, 2.75) is 0 Å². The van der Waals surface area contributed by atoms with E-state index in [0.29, 0.717) is 14.9 Å². The Labute approximate surface area is 169 Å². The van der Waals surface area contributed by atoms with Crippen LogP contribution in [-0.2, 0) is 4.79 Å². The van der Waals surface area contributed by atoms with Crippen LogP contribution in [0, 0.1) is 0 Å². The molecule has 2 heterocycles. The number of anilines is 1. The molecular weight excluding hydrogens is 396 g/mol. The number of para-hydroxylation sites is 1. The minimum Gasteiger partial charge on any atom is -0.507 e. The van der Waals surface area contributed by atoms with Crippen LogP contribution < -0.4 is 4.90 Å². The highest BCUT2D eigenvalue weighted by Crippen LogP contribution is 2.38. The number of phenols is 1. The predicted molar refractivity (Wildman–Crippen MR) is 112 cm³/mol. The number of rotatable bonds is 3. The van der Waals surface area contributed by atoms with Gasteiger partial charge < -0.3 is 10.2 Å². The van der Waals surface area contributed by atoms with Crippen LogP contribution in [0.2, 0.25) is 0 Å². The molecule has 2 aromatic carbocycles. The van der Waals surface area contributed by atoms with Crippen molar-refractivity contribution in [2.75, 3.05) is 4.90 Å². The zero-order valence-corrected chi connectivity index (χ0v) is 15.8. The number of hydrogen-bond acceptors (Lipinski definition) is 6. The molecule has 0 unspecified atom stereocenters. The highest BCUT2D eigenvalue weighted by molar-refractivity contribution is 8.27. The average molecular weight is 408 g/mol. The summed E-state index contributed by atoms with van der Waals surface area (Å²) in [4.78, 5) is 30.0. The summed E-state index contributed by atoms with van der Waals surface area (Å²) in [5.41, 5.74) is 1.73. The van der Waals surface area contributed by atoms with Crippen molar-refractivity contribution >= 4 is 62.8 Å². The molecular formula is C20H12N2O4S2. The first kappa shape index (κ1) is 18.1. The number of hydrogen-bond donors (Lipinski definition) is 2. The molecule has 0 radical (unpaired) electrons. The van der Waals surface area contributed by atoms with Crippen LogP contribution in [0.4, 0.5) is 5.69 Å². The number of carboxylic acid groups (broad SMARTS) is 1. The lowest BCUT2D eigenvalue weighted by Gasteiger charge is -2.15. The van der Waals surface area contributed by atoms with E-state index in [1.165, 1.54) is 23.1 Å². The highest BCUT2D eigenvalue weighted by atomic mass is 32.2. The number of amides is 1. The Morgan fingerprint density at radius 2 is 1.96 bits per heavy atom. The predicted octanol–water partition coefficient (Wildman–Crippen LogP) is 4.04. The Hall–Kier alpha value is -3.23. The second kappa shape index (κ2) is 7.06. The zero-order valence-electron chi connectivity index (χ0n) is 14.2. The zero-order chi connectivity index (χ0) is 19.8. The van der Waals surface area contributed by atoms with Crippen LogP contribution in [0.15, 0.2) is 59.6 Å². The molecule has 1 aromatic heterocycles. The van der Waals surface area contributed by atoms with Gasteiger partial charge in [-0.25, -0.2) is 4.79 Å². The summed E-state index contributed by atoms with van der Waals surface area (Å²) in [7, 11) is 0. The maximum absolute atomic E-state index is 12.9. The summed E-state index contributed by atoms with van der Waals surface area (Å²) in [6, 6.07) is 13.3. The van der Waals surface area contributed by atoms with Gasteiger partial charge in [-0.3, -0.25) is 14.7 Å². The first-order chi connectivity index (χ1) is 13.5. The fourth-order valence-corrected chi connectivity index (χ4v) is 4.21. The van der Waals surface area contributed by atoms with Gasteiger partial charge in [0.1, 0.15) is 11.3 Å². The number of benzene rings is 2. The monoisotopic (exact) mass is 408 g/mol. The van der Waals surface area contributed by atoms with Crippen LogP contribution in [0.25, 0.3) is 17.0 Å². The molecule has 1 amide bonds. The van der Waals surface area contributed by atoms with Crippen molar-refractivity contribution in [1.82, 2.24) is 4.98 Å². The molecule has 0 aliphatic carbocycles. The number of aromatic nitrogens is 1. The second-order valence-electron chi connectivity index (χ2n) is 5.94. The van der Waals surface area contributed by atoms with E-state index in [4.69, 9.17) is 17.3 Å². The van der Waals surface area contributed by atoms with Crippen molar-refractivity contribution in [3.63, 3.8) is 0 Å². The van der Waals surface area contributed by atoms with Crippen LogP contribution in [0.5, 0.6) is 5.75 Å². The molecule has 0 spiro atoms. The maximum Gasteiger partial charge on any atom is 0.339 e. The van der Waals surface area contributed by atoms with Gasteiger partial charge in [-0.15, -0.1) is 0 Å². The average Bonchev–Trinajstić information content (AvgIpc) is 2.95. The summed E-state index contributed by atoms with van der Waals surface area (Å²) in [6.07, 6.45) is 3.44. The lowest BCUT2D eigenvalue weighted by molar-refractivity contribution is -0.113. The van der Waals surface area contributed by atoms with Gasteiger partial charge in [-0.05, 0) is 35.9 Å². The normalized spacial score (nSPS) is 15.6. The minimum absolute atomic E-state index is 0.243. The van der Waals surface area contributed by atoms with Gasteiger partial charge in [-0.1, -0.05) is 42.2 Å². The Morgan fingerprint density at radius 3 is 2.71 bits per heavy atom. The fraction of sp³-hybridized carbons (Fsp3) is 0. The van der Waals surface area contributed by atoms with Crippen molar-refractivity contribution < 1.29 is 19.8 Å². The molecule has 6 nitrogen and oxygen atoms in total. The van der Waals surface area contributed by atoms with Gasteiger partial charge >= 0.3 is 5.97 Å². The van der Waals surface area contributed by atoms with E-state index in [-0.39, 0.29) is 11.5 Å². The van der Waals surface area contributed by atoms with E-state index >= 15 is 0 Å². The summed E-state index contributed by atoms with van der Waals surface area (Å²) < 4.78 is 0.303. The number of pyridine rings is 1. The van der Waals surface area contributed by atoms with Crippen molar-refractivity contribution in [3.05, 3.63) is 70.8 Å². The van der Waals surface area contributed by atoms with Gasteiger partial charge in [0.25, 0.3) is 5.91 Å². The third-order valence-electron chi connectivity index (χ3n) is 4.23. The number of nitrogens with zero attached hydrogens (tertiary/aromatic N) is 2. The SMILES string of the molecule is O=C(O)c1ccc(N2C(=O)C(=Cc3ccnc4ccccc34)SC2=S)cc1O. The number of thiocarbonyl (C=S) groups is 1. The number of aromatic carboxylic acids is 1. The Kier molecular flexibility index (Phi) is 4.58. The van der Waals surface area contributed by atoms with Gasteiger partial charge in [0.15, 0.2) is 4.32 Å². The van der Waals surface area contributed by atoms with E-state index < -0.39 is 11.7 Å². The van der Waals surface area contributed by atoms with Crippen LogP contribution in [0.3, 0.4) is 0 Å². The molecule has 8 heteroatoms. The molecule has 3 aromatic rings. The number of carbonyl (C=O) groups excluding carboxylic acids is 1. The van der Waals surface area contributed by atoms with E-state index in [9.17, 15) is 14.7 Å². The molecule has 1 aliphatic rings. The minimum atomic E-state index is -1.25. The van der Waals surface area contributed by atoms with E-state index in [1.807, 2.05) is 30.3 Å². The Balaban J connectivity index is 1.72. The molecule has 2 N–H and O–H groups in total. The summed E-state index contributed by atoms with van der Waals surface area (Å²) in [5, 5.41) is 19.9. The number of fused-ring (bicyclic) bond motifs is 1. The second-order valence-corrected chi connectivity index (χ2v) is 7.62. The quantitative estimate of drug-likeness (QED) is 0.499. The largest absolute Gasteiger partial charge is 0.507 e. The third kappa shape index (κ3) is 3.12. The van der Waals surface area contributed by atoms with E-state index in [2.05, 4.69) is 4.98 Å². The van der Waals surface area contributed by atoms with Crippen molar-refractivity contribution in [3.8, 4) is 5.75 Å². The number of carboxylic acids is 1. The van der Waals surface area contributed by atoms with Gasteiger partial charge in [-0.2, -0.15) is 0 Å². The van der Waals surface area contributed by atoms with Crippen LogP contribution in [0.1, 0.15) is 15.9 Å². The number of carbonyl (C=O) groups is 2. The van der Waals surface area contributed by atoms with E-state index in [0.717, 1.165) is 28.2 Å². The smallest absolute Gasteiger partial charge is 0.339 e. The third-order valence-corrected chi connectivity index (χ3v) is 5.54. The van der Waals surface area contributed by atoms with Gasteiger partial charge in [0.05, 0.1) is 16.1 Å². The van der Waals surface area contributed by atoms with E-state index in [1.54, 1.807) is 12.3 Å². The summed E-state index contributed by atoms with van der Waals surface area (Å²) in [6.45, 7) is 0. The fourth-order valence-electron chi connectivity index (χ4n) is 2.92. The Bertz CT molecular complexity index is 1180. The molecule has 1 fully saturated rings. The first-order valence-corrected chi connectivity index (χ1v) is 9.36. The van der Waals surface area contributed by atoms with Gasteiger partial charge in [0, 0.05) is 17.6 Å². The highest BCUT2D eigenvalue weighted by Gasteiger charge is 2.34. The molecule has 0 bridgehead atoms. The lowest BCUT2D eigenvalue weighted by atomic mass is 10.1. The van der Waals surface area contributed by atoms with Gasteiger partial charge in [0.2, 0.25) is 0 Å². The molecule has 28 heavy (non-hydrogen) atoms. The van der Waals surface area contributed by atoms with Crippen molar-refractivity contribution in [1.29, 1.82) is 0 Å². The number of aromatic hydroxyl groups is 1. The summed E-state index contributed by atoms with van der Waals surface area (Å²) >= 11 is 6.48. The summed E-state index contributed by atoms with van der Waals surface area (Å²) in [5.74, 6) is -2.01. The molecule has 0 saturated carbocycles. The Morgan fingerprint density at radius 1 is 1.18 bits per heavy atom. The molecule has 1 saturated heterocycles. The first-order valence-electron chi connectivity index (χ1n) is 8.14. The number of thioether (sulfide) groups is 1. The van der Waals surface area contributed by atoms with Crippen LogP contribution >= 0.6 is 24.0 Å². The van der Waals surface area contributed by atoms with Crippen LogP contribution in [-0.4, -0.2) is 31.4 Å². The molecule has 138 valence electrons. The molecule has 0 atom stereocenters. The standard InChI is InChI=1S/C20H12N2O4S2/c23-16-10-12(5-6-14(16)19(25)26)22-18(24)17(28-20(22)27)9-11-7-8-21-15-4-2-1-3-13(11)15/h1-10,23H,(H,25,26). The maximum atomic E-state index is 12.9. The molecule has 4 rings (SSSR count). The topological polar surface area (TPSA) is 90.7 Å². The van der Waals surface area contributed by atoms with Crippen molar-refractivity contribution in [2.24, 2.45) is 0 Å².